The molecule has 9 heteroatoms. The van der Waals surface area contributed by atoms with Gasteiger partial charge in [0.15, 0.2) is 0 Å². The second kappa shape index (κ2) is 5.21. The van der Waals surface area contributed by atoms with Gasteiger partial charge in [0.1, 0.15) is 6.33 Å². The van der Waals surface area contributed by atoms with Crippen LogP contribution in [0.25, 0.3) is 0 Å². The van der Waals surface area contributed by atoms with Crippen LogP contribution in [0, 0.1) is 17.0 Å². The minimum atomic E-state index is -0.627. The zero-order valence-electron chi connectivity index (χ0n) is 10.1. The molecule has 0 bridgehead atoms. The van der Waals surface area contributed by atoms with Gasteiger partial charge in [-0.3, -0.25) is 20.1 Å². The Kier molecular flexibility index (Phi) is 3.46. The number of hydrogen-bond donors (Lipinski definition) is 2. The largest absolute Gasteiger partial charge is 0.378 e. The van der Waals surface area contributed by atoms with Crippen LogP contribution < -0.4 is 11.1 Å². The lowest BCUT2D eigenvalue weighted by Crippen LogP contribution is -2.09. The van der Waals surface area contributed by atoms with Crippen molar-refractivity contribution in [1.82, 2.24) is 19.9 Å². The van der Waals surface area contributed by atoms with Crippen molar-refractivity contribution < 1.29 is 4.92 Å². The fourth-order valence-corrected chi connectivity index (χ4v) is 1.39. The van der Waals surface area contributed by atoms with Crippen LogP contribution in [0.2, 0.25) is 0 Å². The van der Waals surface area contributed by atoms with E-state index in [1.807, 2.05) is 6.92 Å². The van der Waals surface area contributed by atoms with Gasteiger partial charge in [-0.2, -0.15) is 0 Å². The predicted octanol–water partition coefficient (Wildman–Crippen LogP) is 0.678. The molecule has 3 N–H and O–H groups in total. The van der Waals surface area contributed by atoms with Gasteiger partial charge < -0.3 is 11.1 Å². The van der Waals surface area contributed by atoms with Gasteiger partial charge in [0.05, 0.1) is 29.1 Å². The van der Waals surface area contributed by atoms with Crippen molar-refractivity contribution in [3.63, 3.8) is 0 Å². The maximum Gasteiger partial charge on any atom is 0.352 e. The van der Waals surface area contributed by atoms with Gasteiger partial charge in [-0.25, -0.2) is 9.97 Å². The van der Waals surface area contributed by atoms with Crippen molar-refractivity contribution in [2.45, 2.75) is 13.5 Å². The lowest BCUT2D eigenvalue weighted by molar-refractivity contribution is -0.383. The maximum atomic E-state index is 10.9. The number of nitrogens with two attached hydrogens (primary N) is 1. The maximum absolute atomic E-state index is 10.9. The van der Waals surface area contributed by atoms with Crippen LogP contribution in [0.15, 0.2) is 18.7 Å². The second-order valence-corrected chi connectivity index (χ2v) is 3.72. The Morgan fingerprint density at radius 2 is 2.11 bits per heavy atom. The molecule has 19 heavy (non-hydrogen) atoms. The molecule has 0 amide bonds. The van der Waals surface area contributed by atoms with E-state index in [1.54, 1.807) is 12.4 Å². The molecule has 0 radical (unpaired) electrons. The highest BCUT2D eigenvalue weighted by Crippen LogP contribution is 2.26. The van der Waals surface area contributed by atoms with E-state index in [4.69, 9.17) is 5.73 Å². The number of aryl methyl sites for hydroxylation is 1. The van der Waals surface area contributed by atoms with E-state index in [1.165, 1.54) is 0 Å². The molecule has 0 aliphatic carbocycles. The number of aromatic nitrogens is 4. The first-order chi connectivity index (χ1) is 9.08. The van der Waals surface area contributed by atoms with Gasteiger partial charge in [-0.05, 0) is 6.92 Å². The van der Waals surface area contributed by atoms with Crippen LogP contribution in [0.3, 0.4) is 0 Å². The molecule has 0 saturated carbocycles. The third-order valence-electron chi connectivity index (χ3n) is 2.30. The fourth-order valence-electron chi connectivity index (χ4n) is 1.39. The lowest BCUT2D eigenvalue weighted by atomic mass is 10.4. The van der Waals surface area contributed by atoms with Gasteiger partial charge in [0.2, 0.25) is 11.6 Å². The van der Waals surface area contributed by atoms with E-state index in [9.17, 15) is 10.1 Å². The van der Waals surface area contributed by atoms with E-state index in [-0.39, 0.29) is 23.9 Å². The topological polar surface area (TPSA) is 133 Å². The monoisotopic (exact) mass is 261 g/mol. The summed E-state index contributed by atoms with van der Waals surface area (Å²) in [5, 5.41) is 13.7. The van der Waals surface area contributed by atoms with E-state index in [0.29, 0.717) is 5.69 Å². The SMILES string of the molecule is Cc1cnc(CNc2ncnc(N)c2[N+](=O)[O-])cn1. The van der Waals surface area contributed by atoms with Crippen LogP contribution >= 0.6 is 0 Å². The summed E-state index contributed by atoms with van der Waals surface area (Å²) in [6.07, 6.45) is 4.35. The molecule has 0 fully saturated rings. The van der Waals surface area contributed by atoms with Gasteiger partial charge in [-0.15, -0.1) is 0 Å². The summed E-state index contributed by atoms with van der Waals surface area (Å²) in [5.41, 5.74) is 6.53. The quantitative estimate of drug-likeness (QED) is 0.606. The molecule has 0 spiro atoms. The van der Waals surface area contributed by atoms with Crippen LogP contribution in [0.1, 0.15) is 11.4 Å². The molecule has 2 aromatic heterocycles. The summed E-state index contributed by atoms with van der Waals surface area (Å²) in [5.74, 6) is -0.127. The zero-order valence-corrected chi connectivity index (χ0v) is 10.1. The molecule has 2 aromatic rings. The first-order valence-electron chi connectivity index (χ1n) is 5.34. The Morgan fingerprint density at radius 1 is 1.32 bits per heavy atom. The predicted molar refractivity (Wildman–Crippen MR) is 67.2 cm³/mol. The highest BCUT2D eigenvalue weighted by molar-refractivity contribution is 5.67. The molecule has 0 unspecified atom stereocenters. The van der Waals surface area contributed by atoms with Crippen LogP contribution in [0.4, 0.5) is 17.3 Å². The molecular formula is C10H11N7O2. The Morgan fingerprint density at radius 3 is 2.74 bits per heavy atom. The van der Waals surface area contributed by atoms with Crippen molar-refractivity contribution in [2.24, 2.45) is 0 Å². The van der Waals surface area contributed by atoms with E-state index in [2.05, 4.69) is 25.3 Å². The van der Waals surface area contributed by atoms with Crippen molar-refractivity contribution in [3.05, 3.63) is 40.2 Å². The van der Waals surface area contributed by atoms with Gasteiger partial charge in [0.25, 0.3) is 0 Å². The van der Waals surface area contributed by atoms with Gasteiger partial charge in [0, 0.05) is 6.20 Å². The second-order valence-electron chi connectivity index (χ2n) is 3.72. The molecule has 0 aromatic carbocycles. The third kappa shape index (κ3) is 2.89. The first-order valence-corrected chi connectivity index (χ1v) is 5.34. The molecule has 2 rings (SSSR count). The molecule has 98 valence electrons. The Labute approximate surface area is 108 Å². The van der Waals surface area contributed by atoms with Gasteiger partial charge in [-0.1, -0.05) is 0 Å². The Hall–Kier alpha value is -2.84. The summed E-state index contributed by atoms with van der Waals surface area (Å²) in [4.78, 5) is 25.8. The Balaban J connectivity index is 2.18. The lowest BCUT2D eigenvalue weighted by Gasteiger charge is -2.06. The highest BCUT2D eigenvalue weighted by atomic mass is 16.6. The first kappa shape index (κ1) is 12.6. The molecule has 2 heterocycles. The van der Waals surface area contributed by atoms with Crippen molar-refractivity contribution >= 4 is 17.3 Å². The van der Waals surface area contributed by atoms with E-state index < -0.39 is 4.92 Å². The van der Waals surface area contributed by atoms with Crippen molar-refractivity contribution in [2.75, 3.05) is 11.1 Å². The van der Waals surface area contributed by atoms with Gasteiger partial charge >= 0.3 is 5.69 Å². The minimum Gasteiger partial charge on any atom is -0.378 e. The summed E-state index contributed by atoms with van der Waals surface area (Å²) in [6.45, 7) is 2.07. The summed E-state index contributed by atoms with van der Waals surface area (Å²) < 4.78 is 0. The standard InChI is InChI=1S/C10H11N7O2/c1-6-2-13-7(3-12-6)4-14-10-8(17(18)19)9(11)15-5-16-10/h2-3,5H,4H2,1H3,(H3,11,14,15,16). The normalized spacial score (nSPS) is 10.2. The summed E-state index contributed by atoms with van der Waals surface area (Å²) in [7, 11) is 0. The number of nitrogen functional groups attached to an aromatic ring is 1. The number of anilines is 2. The van der Waals surface area contributed by atoms with Crippen molar-refractivity contribution in [1.29, 1.82) is 0 Å². The molecule has 0 aliphatic heterocycles. The van der Waals surface area contributed by atoms with Crippen LogP contribution in [-0.2, 0) is 6.54 Å². The average molecular weight is 261 g/mol. The molecular weight excluding hydrogens is 250 g/mol. The molecule has 0 atom stereocenters. The molecule has 9 nitrogen and oxygen atoms in total. The zero-order chi connectivity index (χ0) is 13.8. The summed E-state index contributed by atoms with van der Waals surface area (Å²) in [6, 6.07) is 0. The smallest absolute Gasteiger partial charge is 0.352 e. The fraction of sp³-hybridized carbons (Fsp3) is 0.200. The van der Waals surface area contributed by atoms with Crippen LogP contribution in [0.5, 0.6) is 0 Å². The van der Waals surface area contributed by atoms with E-state index in [0.717, 1.165) is 12.0 Å². The number of nitrogens with zero attached hydrogens (tertiary/aromatic N) is 5. The minimum absolute atomic E-state index is 0.0554. The average Bonchev–Trinajstić information content (AvgIpc) is 2.37. The molecule has 0 aliphatic rings. The van der Waals surface area contributed by atoms with Crippen LogP contribution in [-0.4, -0.2) is 24.9 Å². The number of nitrogens with one attached hydrogen (secondary N) is 1. The van der Waals surface area contributed by atoms with Crippen molar-refractivity contribution in [3.8, 4) is 0 Å². The summed E-state index contributed by atoms with van der Waals surface area (Å²) >= 11 is 0. The number of nitro groups is 1. The number of rotatable bonds is 4. The van der Waals surface area contributed by atoms with E-state index >= 15 is 0 Å². The Bertz CT molecular complexity index is 599. The highest BCUT2D eigenvalue weighted by Gasteiger charge is 2.20. The number of hydrogen-bond acceptors (Lipinski definition) is 8. The molecule has 0 saturated heterocycles. The third-order valence-corrected chi connectivity index (χ3v) is 2.30.